The Hall–Kier alpha value is -1.42. The fraction of sp³-hybridized carbons (Fsp3) is 0.500. The van der Waals surface area contributed by atoms with E-state index in [1.54, 1.807) is 0 Å². The summed E-state index contributed by atoms with van der Waals surface area (Å²) in [6, 6.07) is 5.43. The van der Waals surface area contributed by atoms with Crippen LogP contribution in [0.25, 0.3) is 0 Å². The molecule has 0 aromatic heterocycles. The number of amides is 1. The third-order valence-corrected chi connectivity index (χ3v) is 3.04. The molecule has 1 N–H and O–H groups in total. The molecular formula is C14H18ClNO3. The molecule has 0 bridgehead atoms. The number of benzene rings is 1. The van der Waals surface area contributed by atoms with Gasteiger partial charge >= 0.3 is 6.09 Å². The molecule has 0 aliphatic carbocycles. The Morgan fingerprint density at radius 3 is 2.89 bits per heavy atom. The van der Waals surface area contributed by atoms with Crippen molar-refractivity contribution in [1.82, 2.24) is 5.32 Å². The monoisotopic (exact) mass is 283 g/mol. The molecule has 1 unspecified atom stereocenters. The standard InChI is InChI=1S/C14H18ClNO3/c1-14(2,3)19-13(17)16-9-7-10-11(15)5-4-6-12(10)18-8-9/h4-6,9H,7-8H2,1-3H3,(H,16,17). The van der Waals surface area contributed by atoms with Gasteiger partial charge in [0.25, 0.3) is 0 Å². The molecule has 19 heavy (non-hydrogen) atoms. The van der Waals surface area contributed by atoms with Crippen molar-refractivity contribution in [2.45, 2.75) is 38.8 Å². The van der Waals surface area contributed by atoms with E-state index in [1.165, 1.54) is 0 Å². The predicted molar refractivity (Wildman–Crippen MR) is 73.8 cm³/mol. The maximum atomic E-state index is 11.7. The number of carbonyl (C=O) groups is 1. The second-order valence-electron chi connectivity index (χ2n) is 5.57. The minimum atomic E-state index is -0.505. The van der Waals surface area contributed by atoms with E-state index in [9.17, 15) is 4.79 Å². The highest BCUT2D eigenvalue weighted by molar-refractivity contribution is 6.31. The van der Waals surface area contributed by atoms with Crippen molar-refractivity contribution < 1.29 is 14.3 Å². The highest BCUT2D eigenvalue weighted by Crippen LogP contribution is 2.30. The molecule has 1 aliphatic rings. The molecular weight excluding hydrogens is 266 g/mol. The molecule has 0 fully saturated rings. The van der Waals surface area contributed by atoms with Gasteiger partial charge in [-0.3, -0.25) is 0 Å². The van der Waals surface area contributed by atoms with Gasteiger partial charge in [0.1, 0.15) is 18.0 Å². The van der Waals surface area contributed by atoms with Crippen molar-refractivity contribution in [3.05, 3.63) is 28.8 Å². The van der Waals surface area contributed by atoms with Crippen molar-refractivity contribution in [1.29, 1.82) is 0 Å². The number of rotatable bonds is 1. The minimum Gasteiger partial charge on any atom is -0.491 e. The van der Waals surface area contributed by atoms with Gasteiger partial charge < -0.3 is 14.8 Å². The first-order valence-corrected chi connectivity index (χ1v) is 6.62. The third kappa shape index (κ3) is 3.77. The van der Waals surface area contributed by atoms with E-state index in [0.717, 1.165) is 11.3 Å². The number of halogens is 1. The van der Waals surface area contributed by atoms with Gasteiger partial charge in [0.2, 0.25) is 0 Å². The van der Waals surface area contributed by atoms with E-state index < -0.39 is 11.7 Å². The van der Waals surface area contributed by atoms with Gasteiger partial charge in [-0.2, -0.15) is 0 Å². The Bertz CT molecular complexity index is 482. The lowest BCUT2D eigenvalue weighted by Crippen LogP contribution is -2.44. The van der Waals surface area contributed by atoms with Gasteiger partial charge in [0.15, 0.2) is 0 Å². The maximum absolute atomic E-state index is 11.7. The van der Waals surface area contributed by atoms with Crippen LogP contribution in [0.3, 0.4) is 0 Å². The first kappa shape index (κ1) is 14.0. The van der Waals surface area contributed by atoms with Crippen LogP contribution in [0.5, 0.6) is 5.75 Å². The summed E-state index contributed by atoms with van der Waals surface area (Å²) in [6.07, 6.45) is 0.213. The Labute approximate surface area is 118 Å². The lowest BCUT2D eigenvalue weighted by atomic mass is 10.0. The minimum absolute atomic E-state index is 0.123. The van der Waals surface area contributed by atoms with E-state index in [4.69, 9.17) is 21.1 Å². The number of hydrogen-bond donors (Lipinski definition) is 1. The van der Waals surface area contributed by atoms with Crippen molar-refractivity contribution in [3.63, 3.8) is 0 Å². The highest BCUT2D eigenvalue weighted by atomic mass is 35.5. The van der Waals surface area contributed by atoms with Gasteiger partial charge in [-0.1, -0.05) is 17.7 Å². The lowest BCUT2D eigenvalue weighted by molar-refractivity contribution is 0.0482. The summed E-state index contributed by atoms with van der Waals surface area (Å²) in [5.41, 5.74) is 0.422. The second kappa shape index (κ2) is 5.29. The van der Waals surface area contributed by atoms with Crippen LogP contribution in [0, 0.1) is 0 Å². The van der Waals surface area contributed by atoms with E-state index >= 15 is 0 Å². The third-order valence-electron chi connectivity index (χ3n) is 2.69. The molecule has 2 rings (SSSR count). The van der Waals surface area contributed by atoms with Crippen LogP contribution in [-0.4, -0.2) is 24.3 Å². The summed E-state index contributed by atoms with van der Waals surface area (Å²) >= 11 is 6.13. The van der Waals surface area contributed by atoms with Crippen molar-refractivity contribution in [2.24, 2.45) is 0 Å². The molecule has 0 radical (unpaired) electrons. The van der Waals surface area contributed by atoms with E-state index in [1.807, 2.05) is 39.0 Å². The molecule has 0 spiro atoms. The van der Waals surface area contributed by atoms with Crippen LogP contribution < -0.4 is 10.1 Å². The van der Waals surface area contributed by atoms with Gasteiger partial charge in [-0.05, 0) is 32.9 Å². The average molecular weight is 284 g/mol. The normalized spacial score (nSPS) is 18.2. The molecule has 1 amide bonds. The van der Waals surface area contributed by atoms with Crippen molar-refractivity contribution >= 4 is 17.7 Å². The molecule has 1 atom stereocenters. The van der Waals surface area contributed by atoms with Crippen molar-refractivity contribution in [2.75, 3.05) is 6.61 Å². The van der Waals surface area contributed by atoms with Crippen LogP contribution in [0.2, 0.25) is 5.02 Å². The highest BCUT2D eigenvalue weighted by Gasteiger charge is 2.25. The number of carbonyl (C=O) groups excluding carboxylic acids is 1. The summed E-state index contributed by atoms with van der Waals surface area (Å²) in [6.45, 7) is 5.91. The van der Waals surface area contributed by atoms with Crippen molar-refractivity contribution in [3.8, 4) is 5.75 Å². The summed E-state index contributed by atoms with van der Waals surface area (Å²) in [5, 5.41) is 3.46. The first-order chi connectivity index (χ1) is 8.85. The molecule has 4 nitrogen and oxygen atoms in total. The van der Waals surface area contributed by atoms with Gasteiger partial charge in [-0.25, -0.2) is 4.79 Å². The number of alkyl carbamates (subject to hydrolysis) is 1. The zero-order valence-corrected chi connectivity index (χ0v) is 12.1. The van der Waals surface area contributed by atoms with Gasteiger partial charge in [-0.15, -0.1) is 0 Å². The molecule has 1 aromatic carbocycles. The largest absolute Gasteiger partial charge is 0.491 e. The Morgan fingerprint density at radius 2 is 2.21 bits per heavy atom. The Balaban J connectivity index is 1.99. The van der Waals surface area contributed by atoms with Gasteiger partial charge in [0.05, 0.1) is 6.04 Å². The molecule has 5 heteroatoms. The smallest absolute Gasteiger partial charge is 0.408 e. The topological polar surface area (TPSA) is 47.6 Å². The molecule has 0 saturated carbocycles. The summed E-state index contributed by atoms with van der Waals surface area (Å²) in [5.74, 6) is 0.787. The predicted octanol–water partition coefficient (Wildman–Crippen LogP) is 3.17. The summed E-state index contributed by atoms with van der Waals surface area (Å²) < 4.78 is 10.8. The fourth-order valence-corrected chi connectivity index (χ4v) is 2.18. The van der Waals surface area contributed by atoms with E-state index in [-0.39, 0.29) is 6.04 Å². The van der Waals surface area contributed by atoms with Crippen LogP contribution in [-0.2, 0) is 11.2 Å². The zero-order chi connectivity index (χ0) is 14.0. The Kier molecular flexibility index (Phi) is 3.90. The molecule has 1 aromatic rings. The molecule has 104 valence electrons. The zero-order valence-electron chi connectivity index (χ0n) is 11.3. The van der Waals surface area contributed by atoms with Crippen LogP contribution in [0.1, 0.15) is 26.3 Å². The Morgan fingerprint density at radius 1 is 1.47 bits per heavy atom. The lowest BCUT2D eigenvalue weighted by Gasteiger charge is -2.28. The maximum Gasteiger partial charge on any atom is 0.408 e. The van der Waals surface area contributed by atoms with E-state index in [0.29, 0.717) is 18.1 Å². The number of hydrogen-bond acceptors (Lipinski definition) is 3. The summed E-state index contributed by atoms with van der Waals surface area (Å²) in [7, 11) is 0. The van der Waals surface area contributed by atoms with Gasteiger partial charge in [0, 0.05) is 17.0 Å². The fourth-order valence-electron chi connectivity index (χ4n) is 1.93. The first-order valence-electron chi connectivity index (χ1n) is 6.25. The van der Waals surface area contributed by atoms with E-state index in [2.05, 4.69) is 5.32 Å². The number of ether oxygens (including phenoxy) is 2. The van der Waals surface area contributed by atoms with Crippen LogP contribution in [0.15, 0.2) is 18.2 Å². The molecule has 1 aliphatic heterocycles. The number of nitrogens with one attached hydrogen (secondary N) is 1. The number of fused-ring (bicyclic) bond motifs is 1. The average Bonchev–Trinajstić information content (AvgIpc) is 2.27. The molecule has 1 heterocycles. The SMILES string of the molecule is CC(C)(C)OC(=O)NC1COc2cccc(Cl)c2C1. The summed E-state index contributed by atoms with van der Waals surface area (Å²) in [4.78, 5) is 11.7. The second-order valence-corrected chi connectivity index (χ2v) is 5.98. The molecule has 0 saturated heterocycles. The van der Waals surface area contributed by atoms with Crippen LogP contribution in [0.4, 0.5) is 4.79 Å². The quantitative estimate of drug-likeness (QED) is 0.861. The van der Waals surface area contributed by atoms with Crippen LogP contribution >= 0.6 is 11.6 Å².